The molecule has 0 unspecified atom stereocenters. The van der Waals surface area contributed by atoms with Gasteiger partial charge in [-0.2, -0.15) is 0 Å². The Morgan fingerprint density at radius 3 is 2.37 bits per heavy atom. The number of nitrogens with zero attached hydrogens (tertiary/aromatic N) is 4. The summed E-state index contributed by atoms with van der Waals surface area (Å²) in [5, 5.41) is 16.8. The molecule has 11 heteroatoms. The first-order valence-electron chi connectivity index (χ1n) is 10.5. The molecule has 2 N–H and O–H groups in total. The molecule has 10 nitrogen and oxygen atoms in total. The first-order chi connectivity index (χ1) is 17.1. The van der Waals surface area contributed by atoms with Gasteiger partial charge in [0.15, 0.2) is 11.5 Å². The van der Waals surface area contributed by atoms with Gasteiger partial charge in [-0.15, -0.1) is 16.9 Å². The molecule has 3 aromatic carbocycles. The van der Waals surface area contributed by atoms with E-state index in [4.69, 9.17) is 9.47 Å². The normalized spacial score (nSPS) is 10.5. The maximum absolute atomic E-state index is 12.9. The average Bonchev–Trinajstić information content (AvgIpc) is 3.43. The molecule has 4 aromatic rings. The number of nitrogens with one attached hydrogen (secondary N) is 2. The van der Waals surface area contributed by atoms with Crippen LogP contribution in [0.3, 0.4) is 0 Å². The predicted molar refractivity (Wildman–Crippen MR) is 132 cm³/mol. The second-order valence-corrected chi connectivity index (χ2v) is 8.18. The molecule has 0 aliphatic carbocycles. The van der Waals surface area contributed by atoms with Crippen LogP contribution < -0.4 is 20.1 Å². The Hall–Kier alpha value is -4.38. The third-order valence-electron chi connectivity index (χ3n) is 4.90. The lowest BCUT2D eigenvalue weighted by Gasteiger charge is -2.12. The van der Waals surface area contributed by atoms with Gasteiger partial charge in [-0.05, 0) is 59.0 Å². The number of benzene rings is 3. The summed E-state index contributed by atoms with van der Waals surface area (Å²) in [5.41, 5.74) is 2.45. The highest BCUT2D eigenvalue weighted by atomic mass is 32.2. The molecule has 0 radical (unpaired) electrons. The van der Waals surface area contributed by atoms with E-state index in [1.54, 1.807) is 61.7 Å². The number of tetrazole rings is 1. The van der Waals surface area contributed by atoms with Crippen LogP contribution in [0.5, 0.6) is 11.5 Å². The summed E-state index contributed by atoms with van der Waals surface area (Å²) in [5.74, 6) is 0.731. The van der Waals surface area contributed by atoms with Crippen LogP contribution in [0.15, 0.2) is 78.0 Å². The summed E-state index contributed by atoms with van der Waals surface area (Å²) in [4.78, 5) is 26.1. The Kier molecular flexibility index (Phi) is 7.58. The van der Waals surface area contributed by atoms with Crippen molar-refractivity contribution in [2.75, 3.05) is 30.6 Å². The van der Waals surface area contributed by atoms with Crippen molar-refractivity contribution in [3.05, 3.63) is 78.6 Å². The van der Waals surface area contributed by atoms with Gasteiger partial charge in [0.2, 0.25) is 5.91 Å². The fourth-order valence-electron chi connectivity index (χ4n) is 3.21. The molecule has 1 heterocycles. The van der Waals surface area contributed by atoms with Gasteiger partial charge in [0.25, 0.3) is 5.91 Å². The fraction of sp³-hybridized carbons (Fsp3) is 0.125. The van der Waals surface area contributed by atoms with E-state index in [-0.39, 0.29) is 17.6 Å². The molecule has 0 aliphatic rings. The van der Waals surface area contributed by atoms with Crippen molar-refractivity contribution in [3.8, 4) is 17.2 Å². The highest BCUT2D eigenvalue weighted by Gasteiger charge is 2.14. The van der Waals surface area contributed by atoms with E-state index < -0.39 is 0 Å². The standard InChI is InChI=1S/C24H22N6O4S/c1-33-20-12-9-17(13-21(20)34-2)26-23(31)14-35-22-6-4-3-5-19(22)24(32)27-16-7-10-18(11-8-16)30-15-25-28-29-30/h3-13,15H,14H2,1-2H3,(H,26,31)(H,27,32). The average molecular weight is 491 g/mol. The zero-order valence-corrected chi connectivity index (χ0v) is 19.8. The smallest absolute Gasteiger partial charge is 0.256 e. The lowest BCUT2D eigenvalue weighted by molar-refractivity contribution is -0.113. The number of hydrogen-bond donors (Lipinski definition) is 2. The molecule has 0 atom stereocenters. The topological polar surface area (TPSA) is 120 Å². The number of amides is 2. The predicted octanol–water partition coefficient (Wildman–Crippen LogP) is 3.66. The van der Waals surface area contributed by atoms with Gasteiger partial charge in [0.05, 0.1) is 31.2 Å². The fourth-order valence-corrected chi connectivity index (χ4v) is 4.06. The van der Waals surface area contributed by atoms with Crippen molar-refractivity contribution < 1.29 is 19.1 Å². The quantitative estimate of drug-likeness (QED) is 0.341. The molecule has 35 heavy (non-hydrogen) atoms. The number of carbonyl (C=O) groups is 2. The van der Waals surface area contributed by atoms with Gasteiger partial charge in [-0.3, -0.25) is 9.59 Å². The summed E-state index contributed by atoms with van der Waals surface area (Å²) in [6, 6.07) is 19.4. The number of thioether (sulfide) groups is 1. The van der Waals surface area contributed by atoms with E-state index in [1.165, 1.54) is 29.9 Å². The Morgan fingerprint density at radius 1 is 0.914 bits per heavy atom. The van der Waals surface area contributed by atoms with Gasteiger partial charge >= 0.3 is 0 Å². The minimum atomic E-state index is -0.274. The summed E-state index contributed by atoms with van der Waals surface area (Å²) >= 11 is 1.28. The van der Waals surface area contributed by atoms with Gasteiger partial charge in [-0.25, -0.2) is 4.68 Å². The van der Waals surface area contributed by atoms with Crippen molar-refractivity contribution >= 4 is 35.0 Å². The van der Waals surface area contributed by atoms with E-state index in [0.717, 1.165) is 5.69 Å². The SMILES string of the molecule is COc1ccc(NC(=O)CSc2ccccc2C(=O)Nc2ccc(-n3cnnn3)cc2)cc1OC. The Bertz CT molecular complexity index is 1310. The summed E-state index contributed by atoms with van der Waals surface area (Å²) in [6.07, 6.45) is 1.49. The lowest BCUT2D eigenvalue weighted by atomic mass is 10.2. The molecule has 1 aromatic heterocycles. The van der Waals surface area contributed by atoms with Gasteiger partial charge < -0.3 is 20.1 Å². The van der Waals surface area contributed by atoms with E-state index in [0.29, 0.717) is 33.3 Å². The second kappa shape index (κ2) is 11.2. The minimum Gasteiger partial charge on any atom is -0.493 e. The molecular formula is C24H22N6O4S. The summed E-state index contributed by atoms with van der Waals surface area (Å²) in [6.45, 7) is 0. The molecule has 2 amide bonds. The van der Waals surface area contributed by atoms with E-state index in [2.05, 4.69) is 26.2 Å². The first-order valence-corrected chi connectivity index (χ1v) is 11.4. The Labute approximate surface area is 205 Å². The number of rotatable bonds is 9. The van der Waals surface area contributed by atoms with Crippen molar-refractivity contribution in [1.82, 2.24) is 20.2 Å². The van der Waals surface area contributed by atoms with Crippen LogP contribution in [-0.2, 0) is 4.79 Å². The molecule has 0 fully saturated rings. The number of methoxy groups -OCH3 is 2. The Morgan fingerprint density at radius 2 is 1.66 bits per heavy atom. The molecule has 4 rings (SSSR count). The van der Waals surface area contributed by atoms with Crippen LogP contribution in [0.2, 0.25) is 0 Å². The van der Waals surface area contributed by atoms with E-state index in [9.17, 15) is 9.59 Å². The molecule has 0 bridgehead atoms. The van der Waals surface area contributed by atoms with Crippen LogP contribution in [0, 0.1) is 0 Å². The van der Waals surface area contributed by atoms with Crippen LogP contribution in [0.25, 0.3) is 5.69 Å². The van der Waals surface area contributed by atoms with Crippen molar-refractivity contribution in [2.45, 2.75) is 4.90 Å². The molecule has 0 saturated heterocycles. The number of aromatic nitrogens is 4. The minimum absolute atomic E-state index is 0.124. The molecular weight excluding hydrogens is 468 g/mol. The van der Waals surface area contributed by atoms with Crippen molar-refractivity contribution in [1.29, 1.82) is 0 Å². The Balaban J connectivity index is 1.38. The highest BCUT2D eigenvalue weighted by molar-refractivity contribution is 8.00. The molecule has 0 saturated carbocycles. The summed E-state index contributed by atoms with van der Waals surface area (Å²) in [7, 11) is 3.08. The first kappa shape index (κ1) is 23.8. The number of anilines is 2. The largest absolute Gasteiger partial charge is 0.493 e. The zero-order chi connectivity index (χ0) is 24.6. The molecule has 178 valence electrons. The maximum atomic E-state index is 12.9. The number of hydrogen-bond acceptors (Lipinski definition) is 8. The number of ether oxygens (including phenoxy) is 2. The van der Waals surface area contributed by atoms with Crippen molar-refractivity contribution in [2.24, 2.45) is 0 Å². The number of carbonyl (C=O) groups excluding carboxylic acids is 2. The van der Waals surface area contributed by atoms with Crippen LogP contribution >= 0.6 is 11.8 Å². The second-order valence-electron chi connectivity index (χ2n) is 7.16. The van der Waals surface area contributed by atoms with Crippen LogP contribution in [-0.4, -0.2) is 52.0 Å². The van der Waals surface area contributed by atoms with E-state index in [1.807, 2.05) is 12.1 Å². The monoisotopic (exact) mass is 490 g/mol. The third kappa shape index (κ3) is 5.95. The highest BCUT2D eigenvalue weighted by Crippen LogP contribution is 2.30. The zero-order valence-electron chi connectivity index (χ0n) is 19.0. The van der Waals surface area contributed by atoms with E-state index >= 15 is 0 Å². The molecule has 0 aliphatic heterocycles. The maximum Gasteiger partial charge on any atom is 0.256 e. The van der Waals surface area contributed by atoms with Gasteiger partial charge in [0, 0.05) is 22.3 Å². The van der Waals surface area contributed by atoms with Crippen LogP contribution in [0.4, 0.5) is 11.4 Å². The summed E-state index contributed by atoms with van der Waals surface area (Å²) < 4.78 is 12.0. The van der Waals surface area contributed by atoms with Crippen molar-refractivity contribution in [3.63, 3.8) is 0 Å². The third-order valence-corrected chi connectivity index (χ3v) is 5.97. The van der Waals surface area contributed by atoms with Gasteiger partial charge in [-0.1, -0.05) is 12.1 Å². The molecule has 0 spiro atoms. The lowest BCUT2D eigenvalue weighted by Crippen LogP contribution is -2.16. The van der Waals surface area contributed by atoms with Crippen LogP contribution in [0.1, 0.15) is 10.4 Å². The van der Waals surface area contributed by atoms with Gasteiger partial charge in [0.1, 0.15) is 6.33 Å².